The number of benzene rings is 2. The topological polar surface area (TPSA) is 38.8 Å². The molecule has 2 aromatic carbocycles. The maximum atomic E-state index is 12.9. The summed E-state index contributed by atoms with van der Waals surface area (Å²) in [4.78, 5) is 15.9. The molecule has 1 atom stereocenters. The fourth-order valence-electron chi connectivity index (χ4n) is 3.71. The van der Waals surface area contributed by atoms with E-state index in [0.717, 1.165) is 37.2 Å². The number of nitrogens with zero attached hydrogens (tertiary/aromatic N) is 1. The van der Waals surface area contributed by atoms with E-state index in [0.29, 0.717) is 17.4 Å². The van der Waals surface area contributed by atoms with E-state index in [4.69, 9.17) is 9.47 Å². The SMILES string of the molecule is COc1ccc(S[C@H](C)C(=O)N2CCC(Cc3ccccc3)CC2)cc1OC. The van der Waals surface area contributed by atoms with Crippen molar-refractivity contribution < 1.29 is 14.3 Å². The van der Waals surface area contributed by atoms with Gasteiger partial charge in [0.25, 0.3) is 0 Å². The Balaban J connectivity index is 1.52. The Morgan fingerprint density at radius 2 is 1.75 bits per heavy atom. The first-order valence-corrected chi connectivity index (χ1v) is 10.7. The molecule has 1 heterocycles. The quantitative estimate of drug-likeness (QED) is 0.635. The Kier molecular flexibility index (Phi) is 7.26. The molecule has 0 aliphatic carbocycles. The molecule has 0 bridgehead atoms. The number of ether oxygens (including phenoxy) is 2. The highest BCUT2D eigenvalue weighted by molar-refractivity contribution is 8.00. The molecule has 0 spiro atoms. The number of methoxy groups -OCH3 is 2. The summed E-state index contributed by atoms with van der Waals surface area (Å²) in [5, 5.41) is -0.122. The number of thioether (sulfide) groups is 1. The van der Waals surface area contributed by atoms with Crippen molar-refractivity contribution in [3.63, 3.8) is 0 Å². The molecule has 150 valence electrons. The van der Waals surface area contributed by atoms with E-state index in [1.807, 2.05) is 30.0 Å². The predicted octanol–water partition coefficient (Wildman–Crippen LogP) is 4.67. The highest BCUT2D eigenvalue weighted by atomic mass is 32.2. The number of hydrogen-bond acceptors (Lipinski definition) is 4. The Morgan fingerprint density at radius 3 is 2.39 bits per heavy atom. The number of rotatable bonds is 7. The van der Waals surface area contributed by atoms with Crippen molar-refractivity contribution in [1.29, 1.82) is 0 Å². The Labute approximate surface area is 172 Å². The second-order valence-electron chi connectivity index (χ2n) is 7.24. The van der Waals surface area contributed by atoms with Gasteiger partial charge in [-0.05, 0) is 55.9 Å². The van der Waals surface area contributed by atoms with Gasteiger partial charge in [0.2, 0.25) is 5.91 Å². The van der Waals surface area contributed by atoms with E-state index >= 15 is 0 Å². The summed E-state index contributed by atoms with van der Waals surface area (Å²) in [5.74, 6) is 2.28. The summed E-state index contributed by atoms with van der Waals surface area (Å²) in [5.41, 5.74) is 1.39. The van der Waals surface area contributed by atoms with Crippen LogP contribution >= 0.6 is 11.8 Å². The van der Waals surface area contributed by atoms with Gasteiger partial charge < -0.3 is 14.4 Å². The number of amides is 1. The third-order valence-corrected chi connectivity index (χ3v) is 6.39. The lowest BCUT2D eigenvalue weighted by atomic mass is 9.90. The highest BCUT2D eigenvalue weighted by Gasteiger charge is 2.26. The highest BCUT2D eigenvalue weighted by Crippen LogP contribution is 2.34. The number of carbonyl (C=O) groups excluding carboxylic acids is 1. The monoisotopic (exact) mass is 399 g/mol. The lowest BCUT2D eigenvalue weighted by Crippen LogP contribution is -2.42. The molecule has 1 amide bonds. The van der Waals surface area contributed by atoms with Crippen molar-refractivity contribution in [2.75, 3.05) is 27.3 Å². The first kappa shape index (κ1) is 20.6. The van der Waals surface area contributed by atoms with Gasteiger partial charge in [0.1, 0.15) is 0 Å². The zero-order chi connectivity index (χ0) is 19.9. The summed E-state index contributed by atoms with van der Waals surface area (Å²) in [7, 11) is 3.25. The second-order valence-corrected chi connectivity index (χ2v) is 8.65. The molecular weight excluding hydrogens is 370 g/mol. The van der Waals surface area contributed by atoms with Gasteiger partial charge in [0.15, 0.2) is 11.5 Å². The first-order chi connectivity index (χ1) is 13.6. The minimum absolute atomic E-state index is 0.122. The number of piperidine rings is 1. The van der Waals surface area contributed by atoms with E-state index in [1.54, 1.807) is 26.0 Å². The minimum atomic E-state index is -0.122. The van der Waals surface area contributed by atoms with Crippen LogP contribution in [0.15, 0.2) is 53.4 Å². The van der Waals surface area contributed by atoms with Gasteiger partial charge in [-0.15, -0.1) is 11.8 Å². The van der Waals surface area contributed by atoms with Crippen LogP contribution in [0.2, 0.25) is 0 Å². The second kappa shape index (κ2) is 9.87. The van der Waals surface area contributed by atoms with Crippen LogP contribution in [0.25, 0.3) is 0 Å². The average Bonchev–Trinajstić information content (AvgIpc) is 2.74. The van der Waals surface area contributed by atoms with Gasteiger partial charge in [-0.2, -0.15) is 0 Å². The number of likely N-dealkylation sites (tertiary alicyclic amines) is 1. The van der Waals surface area contributed by atoms with Crippen molar-refractivity contribution in [1.82, 2.24) is 4.90 Å². The Morgan fingerprint density at radius 1 is 1.07 bits per heavy atom. The zero-order valence-corrected chi connectivity index (χ0v) is 17.7. The van der Waals surface area contributed by atoms with Crippen LogP contribution in [0.1, 0.15) is 25.3 Å². The van der Waals surface area contributed by atoms with Crippen LogP contribution in [0.4, 0.5) is 0 Å². The summed E-state index contributed by atoms with van der Waals surface area (Å²) < 4.78 is 10.6. The molecule has 5 heteroatoms. The fourth-order valence-corrected chi connectivity index (χ4v) is 4.69. The predicted molar refractivity (Wildman–Crippen MR) is 114 cm³/mol. The van der Waals surface area contributed by atoms with E-state index in [-0.39, 0.29) is 11.2 Å². The molecule has 2 aromatic rings. The maximum Gasteiger partial charge on any atom is 0.235 e. The lowest BCUT2D eigenvalue weighted by molar-refractivity contribution is -0.131. The minimum Gasteiger partial charge on any atom is -0.493 e. The van der Waals surface area contributed by atoms with E-state index in [1.165, 1.54) is 5.56 Å². The van der Waals surface area contributed by atoms with Crippen LogP contribution < -0.4 is 9.47 Å². The molecule has 1 saturated heterocycles. The molecule has 1 aliphatic heterocycles. The largest absolute Gasteiger partial charge is 0.493 e. The van der Waals surface area contributed by atoms with Crippen LogP contribution in [-0.4, -0.2) is 43.4 Å². The lowest BCUT2D eigenvalue weighted by Gasteiger charge is -2.33. The molecular formula is C23H29NO3S. The van der Waals surface area contributed by atoms with Crippen LogP contribution in [0.3, 0.4) is 0 Å². The fraction of sp³-hybridized carbons (Fsp3) is 0.435. The van der Waals surface area contributed by atoms with E-state index in [9.17, 15) is 4.79 Å². The van der Waals surface area contributed by atoms with Gasteiger partial charge >= 0.3 is 0 Å². The van der Waals surface area contributed by atoms with Gasteiger partial charge in [-0.3, -0.25) is 4.79 Å². The summed E-state index contributed by atoms with van der Waals surface area (Å²) in [6, 6.07) is 16.4. The van der Waals surface area contributed by atoms with Crippen LogP contribution in [0, 0.1) is 5.92 Å². The third kappa shape index (κ3) is 5.22. The van der Waals surface area contributed by atoms with Gasteiger partial charge in [0, 0.05) is 18.0 Å². The summed E-state index contributed by atoms with van der Waals surface area (Å²) in [6.07, 6.45) is 3.27. The van der Waals surface area contributed by atoms with E-state index in [2.05, 4.69) is 30.3 Å². The molecule has 4 nitrogen and oxygen atoms in total. The van der Waals surface area contributed by atoms with Crippen molar-refractivity contribution in [2.45, 2.75) is 36.3 Å². The Hall–Kier alpha value is -2.14. The molecule has 1 fully saturated rings. The summed E-state index contributed by atoms with van der Waals surface area (Å²) >= 11 is 1.57. The van der Waals surface area contributed by atoms with Gasteiger partial charge in [0.05, 0.1) is 19.5 Å². The third-order valence-electron chi connectivity index (χ3n) is 5.31. The molecule has 0 radical (unpaired) electrons. The molecule has 3 rings (SSSR count). The van der Waals surface area contributed by atoms with Crippen molar-refractivity contribution in [3.8, 4) is 11.5 Å². The van der Waals surface area contributed by atoms with Gasteiger partial charge in [-0.1, -0.05) is 30.3 Å². The molecule has 1 aliphatic rings. The zero-order valence-electron chi connectivity index (χ0n) is 16.9. The number of hydrogen-bond donors (Lipinski definition) is 0. The molecule has 0 aromatic heterocycles. The molecule has 0 unspecified atom stereocenters. The smallest absolute Gasteiger partial charge is 0.235 e. The number of carbonyl (C=O) groups is 1. The molecule has 28 heavy (non-hydrogen) atoms. The van der Waals surface area contributed by atoms with Crippen LogP contribution in [-0.2, 0) is 11.2 Å². The first-order valence-electron chi connectivity index (χ1n) is 9.82. The van der Waals surface area contributed by atoms with Crippen molar-refractivity contribution in [2.24, 2.45) is 5.92 Å². The molecule has 0 N–H and O–H groups in total. The molecule has 0 saturated carbocycles. The van der Waals surface area contributed by atoms with Gasteiger partial charge in [-0.25, -0.2) is 0 Å². The Bertz CT molecular complexity index is 773. The maximum absolute atomic E-state index is 12.9. The average molecular weight is 400 g/mol. The van der Waals surface area contributed by atoms with E-state index < -0.39 is 0 Å². The standard InChI is InChI=1S/C23H29NO3S/c1-17(28-20-9-10-21(26-2)22(16-20)27-3)23(25)24-13-11-19(12-14-24)15-18-7-5-4-6-8-18/h4-10,16-17,19H,11-15H2,1-3H3/t17-/m1/s1. The van der Waals surface area contributed by atoms with Crippen LogP contribution in [0.5, 0.6) is 11.5 Å². The van der Waals surface area contributed by atoms with Crippen molar-refractivity contribution in [3.05, 3.63) is 54.1 Å². The normalized spacial score (nSPS) is 15.9. The van der Waals surface area contributed by atoms with Crippen molar-refractivity contribution >= 4 is 17.7 Å². The summed E-state index contributed by atoms with van der Waals surface area (Å²) in [6.45, 7) is 3.69.